The van der Waals surface area contributed by atoms with Crippen LogP contribution in [0.15, 0.2) is 39.6 Å². The zero-order valence-corrected chi connectivity index (χ0v) is 15.6. The molecule has 0 spiro atoms. The third-order valence-electron chi connectivity index (χ3n) is 3.74. The van der Waals surface area contributed by atoms with Crippen molar-refractivity contribution in [3.8, 4) is 11.5 Å². The topological polar surface area (TPSA) is 90.0 Å². The molecule has 9 heteroatoms. The number of fused-ring (bicyclic) bond motifs is 2. The van der Waals surface area contributed by atoms with Crippen molar-refractivity contribution in [3.05, 3.63) is 46.6 Å². The third-order valence-corrected chi connectivity index (χ3v) is 5.90. The minimum absolute atomic E-state index is 0.211. The van der Waals surface area contributed by atoms with Crippen LogP contribution in [0.4, 0.5) is 0 Å². The molecule has 1 N–H and O–H groups in total. The number of ether oxygens (including phenoxy) is 2. The molecule has 0 aliphatic heterocycles. The second-order valence-electron chi connectivity index (χ2n) is 5.33. The zero-order chi connectivity index (χ0) is 18.1. The summed E-state index contributed by atoms with van der Waals surface area (Å²) >= 11 is 3.08. The van der Waals surface area contributed by atoms with Crippen molar-refractivity contribution in [1.29, 1.82) is 0 Å². The van der Waals surface area contributed by atoms with Crippen molar-refractivity contribution in [2.24, 2.45) is 0 Å². The van der Waals surface area contributed by atoms with Crippen LogP contribution in [0.3, 0.4) is 0 Å². The van der Waals surface area contributed by atoms with Gasteiger partial charge >= 0.3 is 0 Å². The Balaban J connectivity index is 1.64. The van der Waals surface area contributed by atoms with Gasteiger partial charge in [-0.15, -0.1) is 11.3 Å². The molecule has 0 fully saturated rings. The highest BCUT2D eigenvalue weighted by atomic mass is 32.2. The van der Waals surface area contributed by atoms with Crippen LogP contribution in [-0.4, -0.2) is 34.2 Å². The van der Waals surface area contributed by atoms with Crippen molar-refractivity contribution in [1.82, 2.24) is 19.9 Å². The average molecular weight is 386 g/mol. The van der Waals surface area contributed by atoms with Gasteiger partial charge in [-0.05, 0) is 18.2 Å². The van der Waals surface area contributed by atoms with Gasteiger partial charge in [0.25, 0.3) is 5.56 Å². The van der Waals surface area contributed by atoms with Crippen molar-refractivity contribution in [2.45, 2.75) is 10.1 Å². The first-order valence-electron chi connectivity index (χ1n) is 7.67. The Morgan fingerprint density at radius 2 is 2.00 bits per heavy atom. The summed E-state index contributed by atoms with van der Waals surface area (Å²) in [5.41, 5.74) is 1.09. The van der Waals surface area contributed by atoms with E-state index in [0.29, 0.717) is 34.0 Å². The maximum absolute atomic E-state index is 12.4. The Hall–Kier alpha value is -2.65. The number of nitrogens with zero attached hydrogens (tertiary/aromatic N) is 3. The van der Waals surface area contributed by atoms with Crippen LogP contribution in [0, 0.1) is 0 Å². The number of thiazole rings is 1. The van der Waals surface area contributed by atoms with Gasteiger partial charge in [-0.1, -0.05) is 11.8 Å². The molecular formula is C17H14N4O3S2. The summed E-state index contributed by atoms with van der Waals surface area (Å²) in [4.78, 5) is 28.5. The van der Waals surface area contributed by atoms with E-state index in [4.69, 9.17) is 9.47 Å². The summed E-state index contributed by atoms with van der Waals surface area (Å²) in [5.74, 6) is 2.11. The molecule has 0 saturated heterocycles. The second kappa shape index (κ2) is 6.93. The van der Waals surface area contributed by atoms with Gasteiger partial charge in [0.15, 0.2) is 21.5 Å². The lowest BCUT2D eigenvalue weighted by Crippen LogP contribution is -2.11. The quantitative estimate of drug-likeness (QED) is 0.527. The lowest BCUT2D eigenvalue weighted by Gasteiger charge is -2.09. The Morgan fingerprint density at radius 3 is 2.77 bits per heavy atom. The molecule has 0 amide bonds. The zero-order valence-electron chi connectivity index (χ0n) is 14.0. The fourth-order valence-electron chi connectivity index (χ4n) is 2.52. The van der Waals surface area contributed by atoms with Crippen molar-refractivity contribution in [3.63, 3.8) is 0 Å². The normalized spacial score (nSPS) is 11.2. The molecule has 0 saturated carbocycles. The number of H-pyrrole nitrogens is 1. The van der Waals surface area contributed by atoms with E-state index < -0.39 is 0 Å². The molecule has 0 aliphatic rings. The van der Waals surface area contributed by atoms with Crippen LogP contribution >= 0.6 is 23.1 Å². The maximum atomic E-state index is 12.4. The van der Waals surface area contributed by atoms with Gasteiger partial charge in [0.1, 0.15) is 5.82 Å². The van der Waals surface area contributed by atoms with Gasteiger partial charge in [-0.25, -0.2) is 15.0 Å². The summed E-state index contributed by atoms with van der Waals surface area (Å²) < 4.78 is 12.4. The second-order valence-corrected chi connectivity index (χ2v) is 7.58. The standard InChI is InChI=1S/C17H14N4O3S2/c1-23-11-6-9-10(7-12(11)24-2)19-14(20-16(9)22)8-25-17-21-15-13(26-17)4-3-5-18-15/h3-7H,8H2,1-2H3,(H,19,20,22). The number of aromatic nitrogens is 4. The molecule has 0 unspecified atom stereocenters. The molecule has 1 aromatic carbocycles. The van der Waals surface area contributed by atoms with Crippen molar-refractivity contribution < 1.29 is 9.47 Å². The Morgan fingerprint density at radius 1 is 1.19 bits per heavy atom. The number of aromatic amines is 1. The van der Waals surface area contributed by atoms with Crippen molar-refractivity contribution in [2.75, 3.05) is 14.2 Å². The van der Waals surface area contributed by atoms with Crippen LogP contribution in [-0.2, 0) is 5.75 Å². The molecule has 3 heterocycles. The molecule has 26 heavy (non-hydrogen) atoms. The largest absolute Gasteiger partial charge is 0.493 e. The van der Waals surface area contributed by atoms with E-state index in [0.717, 1.165) is 14.7 Å². The summed E-state index contributed by atoms with van der Waals surface area (Å²) in [5, 5.41) is 0.459. The minimum atomic E-state index is -0.211. The monoisotopic (exact) mass is 386 g/mol. The van der Waals surface area contributed by atoms with Crippen LogP contribution in [0.2, 0.25) is 0 Å². The predicted octanol–water partition coefficient (Wildman–Crippen LogP) is 3.24. The number of nitrogens with one attached hydrogen (secondary N) is 1. The van der Waals surface area contributed by atoms with Crippen LogP contribution in [0.5, 0.6) is 11.5 Å². The number of methoxy groups -OCH3 is 2. The van der Waals surface area contributed by atoms with E-state index in [-0.39, 0.29) is 5.56 Å². The van der Waals surface area contributed by atoms with Gasteiger partial charge < -0.3 is 14.5 Å². The van der Waals surface area contributed by atoms with E-state index in [9.17, 15) is 4.79 Å². The number of thioether (sulfide) groups is 1. The summed E-state index contributed by atoms with van der Waals surface area (Å²) in [6, 6.07) is 7.22. The first-order chi connectivity index (χ1) is 12.7. The van der Waals surface area contributed by atoms with Gasteiger partial charge in [-0.3, -0.25) is 4.79 Å². The molecule has 7 nitrogen and oxygen atoms in total. The molecule has 0 bridgehead atoms. The first kappa shape index (κ1) is 16.8. The maximum Gasteiger partial charge on any atom is 0.258 e. The fourth-order valence-corrected chi connectivity index (χ4v) is 4.41. The van der Waals surface area contributed by atoms with Crippen molar-refractivity contribution >= 4 is 44.3 Å². The van der Waals surface area contributed by atoms with Gasteiger partial charge in [0, 0.05) is 12.3 Å². The smallest absolute Gasteiger partial charge is 0.258 e. The highest BCUT2D eigenvalue weighted by Crippen LogP contribution is 2.32. The van der Waals surface area contributed by atoms with E-state index in [1.165, 1.54) is 18.9 Å². The summed E-state index contributed by atoms with van der Waals surface area (Å²) in [7, 11) is 3.08. The third kappa shape index (κ3) is 3.11. The molecule has 3 aromatic heterocycles. The predicted molar refractivity (Wildman–Crippen MR) is 102 cm³/mol. The summed E-state index contributed by atoms with van der Waals surface area (Å²) in [6.45, 7) is 0. The Kier molecular flexibility index (Phi) is 4.48. The van der Waals surface area contributed by atoms with Crippen LogP contribution in [0.1, 0.15) is 5.82 Å². The Labute approximate surface area is 156 Å². The molecule has 132 valence electrons. The highest BCUT2D eigenvalue weighted by Gasteiger charge is 2.12. The number of hydrogen-bond donors (Lipinski definition) is 1. The molecule has 0 radical (unpaired) electrons. The number of benzene rings is 1. The number of hydrogen-bond acceptors (Lipinski definition) is 8. The highest BCUT2D eigenvalue weighted by molar-refractivity contribution is 8.00. The molecular weight excluding hydrogens is 372 g/mol. The lowest BCUT2D eigenvalue weighted by atomic mass is 10.2. The lowest BCUT2D eigenvalue weighted by molar-refractivity contribution is 0.355. The SMILES string of the molecule is COc1cc2nc(CSc3nc4ncccc4s3)[nH]c(=O)c2cc1OC. The fraction of sp³-hybridized carbons (Fsp3) is 0.176. The number of pyridine rings is 1. The van der Waals surface area contributed by atoms with Crippen LogP contribution in [0.25, 0.3) is 21.3 Å². The molecule has 4 aromatic rings. The van der Waals surface area contributed by atoms with E-state index >= 15 is 0 Å². The first-order valence-corrected chi connectivity index (χ1v) is 9.47. The Bertz CT molecular complexity index is 1120. The minimum Gasteiger partial charge on any atom is -0.493 e. The van der Waals surface area contributed by atoms with Gasteiger partial charge in [0.2, 0.25) is 0 Å². The van der Waals surface area contributed by atoms with Crippen LogP contribution < -0.4 is 15.0 Å². The average Bonchev–Trinajstić information content (AvgIpc) is 3.08. The van der Waals surface area contributed by atoms with Gasteiger partial charge in [0.05, 0.1) is 35.6 Å². The van der Waals surface area contributed by atoms with E-state index in [2.05, 4.69) is 19.9 Å². The molecule has 0 aliphatic carbocycles. The van der Waals surface area contributed by atoms with E-state index in [1.807, 2.05) is 12.1 Å². The molecule has 0 atom stereocenters. The van der Waals surface area contributed by atoms with Gasteiger partial charge in [-0.2, -0.15) is 0 Å². The molecule has 4 rings (SSSR count). The number of rotatable bonds is 5. The van der Waals surface area contributed by atoms with E-state index in [1.54, 1.807) is 36.8 Å². The summed E-state index contributed by atoms with van der Waals surface area (Å²) in [6.07, 6.45) is 1.72.